The van der Waals surface area contributed by atoms with E-state index in [4.69, 9.17) is 9.47 Å². The molecule has 0 atom stereocenters. The Morgan fingerprint density at radius 2 is 2.11 bits per heavy atom. The summed E-state index contributed by atoms with van der Waals surface area (Å²) >= 11 is 0. The van der Waals surface area contributed by atoms with Crippen molar-refractivity contribution in [2.75, 3.05) is 20.8 Å². The second-order valence-electron chi connectivity index (χ2n) is 4.45. The molecule has 0 heterocycles. The van der Waals surface area contributed by atoms with E-state index < -0.39 is 0 Å². The number of likely N-dealkylation sites (N-methyl/N-ethyl adjacent to an activating group) is 1. The summed E-state index contributed by atoms with van der Waals surface area (Å²) in [6, 6.07) is 6.05. The number of rotatable bonds is 7. The minimum Gasteiger partial charge on any atom is -0.493 e. The molecule has 0 aliphatic rings. The molecule has 5 nitrogen and oxygen atoms in total. The van der Waals surface area contributed by atoms with E-state index in [2.05, 4.69) is 24.5 Å². The van der Waals surface area contributed by atoms with Crippen molar-refractivity contribution < 1.29 is 14.3 Å². The molecule has 0 aliphatic heterocycles. The first kappa shape index (κ1) is 15.3. The molecule has 1 aromatic carbocycles. The van der Waals surface area contributed by atoms with E-state index in [1.807, 2.05) is 18.2 Å². The maximum Gasteiger partial charge on any atom is 0.257 e. The average Bonchev–Trinajstić information content (AvgIpc) is 2.42. The molecule has 1 rings (SSSR count). The quantitative estimate of drug-likeness (QED) is 0.781. The Balaban J connectivity index is 2.86. The summed E-state index contributed by atoms with van der Waals surface area (Å²) in [4.78, 5) is 11.3. The van der Waals surface area contributed by atoms with E-state index in [-0.39, 0.29) is 12.5 Å². The fourth-order valence-corrected chi connectivity index (χ4v) is 1.55. The molecule has 0 fully saturated rings. The van der Waals surface area contributed by atoms with Crippen molar-refractivity contribution in [2.24, 2.45) is 0 Å². The van der Waals surface area contributed by atoms with Crippen LogP contribution in [0.5, 0.6) is 11.5 Å². The molecule has 0 radical (unpaired) electrons. The molecule has 0 unspecified atom stereocenters. The van der Waals surface area contributed by atoms with Crippen molar-refractivity contribution in [3.05, 3.63) is 23.8 Å². The molecule has 19 heavy (non-hydrogen) atoms. The summed E-state index contributed by atoms with van der Waals surface area (Å²) in [5, 5.41) is 5.84. The van der Waals surface area contributed by atoms with Gasteiger partial charge in [0.05, 0.1) is 7.11 Å². The lowest BCUT2D eigenvalue weighted by Crippen LogP contribution is -2.26. The number of hydrogen-bond acceptors (Lipinski definition) is 4. The van der Waals surface area contributed by atoms with Crippen LogP contribution in [0.2, 0.25) is 0 Å². The zero-order valence-electron chi connectivity index (χ0n) is 11.9. The van der Waals surface area contributed by atoms with Crippen LogP contribution < -0.4 is 20.1 Å². The third-order valence-corrected chi connectivity index (χ3v) is 2.61. The monoisotopic (exact) mass is 266 g/mol. The maximum atomic E-state index is 11.3. The van der Waals surface area contributed by atoms with Crippen LogP contribution in [0, 0.1) is 0 Å². The van der Waals surface area contributed by atoms with Gasteiger partial charge < -0.3 is 20.1 Å². The molecule has 2 N–H and O–H groups in total. The third-order valence-electron chi connectivity index (χ3n) is 2.61. The first-order chi connectivity index (χ1) is 9.08. The molecule has 0 saturated carbocycles. The summed E-state index contributed by atoms with van der Waals surface area (Å²) < 4.78 is 10.8. The molecule has 1 aromatic rings. The van der Waals surface area contributed by atoms with Crippen molar-refractivity contribution in [1.82, 2.24) is 10.6 Å². The van der Waals surface area contributed by atoms with Crippen LogP contribution in [0.15, 0.2) is 18.2 Å². The lowest BCUT2D eigenvalue weighted by atomic mass is 10.1. The van der Waals surface area contributed by atoms with Gasteiger partial charge in [0.2, 0.25) is 0 Å². The lowest BCUT2D eigenvalue weighted by molar-refractivity contribution is -0.122. The maximum absolute atomic E-state index is 11.3. The molecule has 0 aliphatic carbocycles. The molecule has 0 bridgehead atoms. The summed E-state index contributed by atoms with van der Waals surface area (Å²) in [6.45, 7) is 4.79. The molecule has 1 amide bonds. The van der Waals surface area contributed by atoms with Gasteiger partial charge in [0, 0.05) is 25.2 Å². The van der Waals surface area contributed by atoms with Crippen molar-refractivity contribution in [3.8, 4) is 11.5 Å². The van der Waals surface area contributed by atoms with E-state index >= 15 is 0 Å². The van der Waals surface area contributed by atoms with E-state index in [0.717, 1.165) is 5.56 Å². The Morgan fingerprint density at radius 1 is 1.37 bits per heavy atom. The molecular formula is C14H22N2O3. The van der Waals surface area contributed by atoms with Crippen molar-refractivity contribution in [3.63, 3.8) is 0 Å². The number of amides is 1. The molecule has 106 valence electrons. The van der Waals surface area contributed by atoms with Gasteiger partial charge in [-0.1, -0.05) is 26.0 Å². The van der Waals surface area contributed by atoms with E-state index in [1.54, 1.807) is 14.2 Å². The molecular weight excluding hydrogens is 244 g/mol. The highest BCUT2D eigenvalue weighted by Crippen LogP contribution is 2.31. The normalized spacial score (nSPS) is 10.4. The van der Waals surface area contributed by atoms with Gasteiger partial charge in [-0.15, -0.1) is 0 Å². The predicted octanol–water partition coefficient (Wildman–Crippen LogP) is 1.32. The van der Waals surface area contributed by atoms with Crippen molar-refractivity contribution in [2.45, 2.75) is 26.4 Å². The summed E-state index contributed by atoms with van der Waals surface area (Å²) in [5.74, 6) is 1.07. The third kappa shape index (κ3) is 4.79. The summed E-state index contributed by atoms with van der Waals surface area (Å²) in [6.07, 6.45) is 0. The minimum atomic E-state index is -0.173. The van der Waals surface area contributed by atoms with Gasteiger partial charge in [0.25, 0.3) is 5.91 Å². The Kier molecular flexibility index (Phi) is 6.15. The number of para-hydroxylation sites is 1. The minimum absolute atomic E-state index is 0.0223. The average molecular weight is 266 g/mol. The predicted molar refractivity (Wildman–Crippen MR) is 74.5 cm³/mol. The number of hydrogen-bond donors (Lipinski definition) is 2. The van der Waals surface area contributed by atoms with Crippen LogP contribution >= 0.6 is 0 Å². The zero-order chi connectivity index (χ0) is 14.3. The highest BCUT2D eigenvalue weighted by atomic mass is 16.5. The van der Waals surface area contributed by atoms with Crippen LogP contribution in [0.3, 0.4) is 0 Å². The standard InChI is InChI=1S/C14H22N2O3/c1-10(2)16-8-11-6-5-7-12(18-4)14(11)19-9-13(17)15-3/h5-7,10,16H,8-9H2,1-4H3,(H,15,17). The number of carbonyl (C=O) groups excluding carboxylic acids is 1. The van der Waals surface area contributed by atoms with Crippen LogP contribution in [0.4, 0.5) is 0 Å². The topological polar surface area (TPSA) is 59.6 Å². The first-order valence-corrected chi connectivity index (χ1v) is 6.31. The Labute approximate surface area is 114 Å². The van der Waals surface area contributed by atoms with Gasteiger partial charge in [-0.25, -0.2) is 0 Å². The zero-order valence-corrected chi connectivity index (χ0v) is 11.9. The second kappa shape index (κ2) is 7.63. The van der Waals surface area contributed by atoms with Gasteiger partial charge in [-0.05, 0) is 6.07 Å². The van der Waals surface area contributed by atoms with Gasteiger partial charge in [0.1, 0.15) is 0 Å². The smallest absolute Gasteiger partial charge is 0.257 e. The van der Waals surface area contributed by atoms with Gasteiger partial charge in [0.15, 0.2) is 18.1 Å². The van der Waals surface area contributed by atoms with Crippen LogP contribution in [-0.4, -0.2) is 32.7 Å². The first-order valence-electron chi connectivity index (χ1n) is 6.31. The van der Waals surface area contributed by atoms with Crippen LogP contribution in [-0.2, 0) is 11.3 Å². The van der Waals surface area contributed by atoms with Crippen molar-refractivity contribution in [1.29, 1.82) is 0 Å². The number of nitrogens with one attached hydrogen (secondary N) is 2. The van der Waals surface area contributed by atoms with Gasteiger partial charge in [-0.2, -0.15) is 0 Å². The second-order valence-corrected chi connectivity index (χ2v) is 4.45. The lowest BCUT2D eigenvalue weighted by Gasteiger charge is -2.16. The molecule has 0 spiro atoms. The van der Waals surface area contributed by atoms with E-state index in [0.29, 0.717) is 24.1 Å². The molecule has 0 aromatic heterocycles. The largest absolute Gasteiger partial charge is 0.493 e. The highest BCUT2D eigenvalue weighted by molar-refractivity contribution is 5.77. The Morgan fingerprint density at radius 3 is 2.68 bits per heavy atom. The number of ether oxygens (including phenoxy) is 2. The Hall–Kier alpha value is -1.75. The molecule has 0 saturated heterocycles. The Bertz CT molecular complexity index is 419. The van der Waals surface area contributed by atoms with E-state index in [1.165, 1.54) is 0 Å². The number of methoxy groups -OCH3 is 1. The van der Waals surface area contributed by atoms with E-state index in [9.17, 15) is 4.79 Å². The van der Waals surface area contributed by atoms with Crippen LogP contribution in [0.1, 0.15) is 19.4 Å². The summed E-state index contributed by atoms with van der Waals surface area (Å²) in [7, 11) is 3.16. The van der Waals surface area contributed by atoms with Gasteiger partial charge >= 0.3 is 0 Å². The number of benzene rings is 1. The van der Waals surface area contributed by atoms with Crippen LogP contribution in [0.25, 0.3) is 0 Å². The molecule has 5 heteroatoms. The fourth-order valence-electron chi connectivity index (χ4n) is 1.55. The van der Waals surface area contributed by atoms with Crippen molar-refractivity contribution >= 4 is 5.91 Å². The SMILES string of the molecule is CNC(=O)COc1c(CNC(C)C)cccc1OC. The summed E-state index contributed by atoms with van der Waals surface area (Å²) in [5.41, 5.74) is 0.969. The fraction of sp³-hybridized carbons (Fsp3) is 0.500. The number of carbonyl (C=O) groups is 1. The highest BCUT2D eigenvalue weighted by Gasteiger charge is 2.12. The van der Waals surface area contributed by atoms with Gasteiger partial charge in [-0.3, -0.25) is 4.79 Å².